The molecular formula is C30H34FN3O5S. The average molecular weight is 568 g/mol. The molecule has 3 aromatic carbocycles. The predicted molar refractivity (Wildman–Crippen MR) is 150 cm³/mol. The Labute approximate surface area is 233 Å². The fourth-order valence-electron chi connectivity index (χ4n) is 4.93. The van der Waals surface area contributed by atoms with Crippen LogP contribution in [0.5, 0.6) is 0 Å². The predicted octanol–water partition coefficient (Wildman–Crippen LogP) is 4.16. The molecule has 8 nitrogen and oxygen atoms in total. The summed E-state index contributed by atoms with van der Waals surface area (Å²) in [5, 5.41) is 12.0. The molecule has 212 valence electrons. The van der Waals surface area contributed by atoms with Gasteiger partial charge >= 0.3 is 5.97 Å². The van der Waals surface area contributed by atoms with Crippen LogP contribution < -0.4 is 15.8 Å². The first-order chi connectivity index (χ1) is 19.0. The number of carboxylic acid groups (broad SMARTS) is 1. The minimum absolute atomic E-state index is 0.0773. The van der Waals surface area contributed by atoms with Crippen LogP contribution in [-0.4, -0.2) is 37.5 Å². The number of carbonyl (C=O) groups is 2. The second-order valence-electron chi connectivity index (χ2n) is 10.3. The summed E-state index contributed by atoms with van der Waals surface area (Å²) in [4.78, 5) is 23.9. The van der Waals surface area contributed by atoms with E-state index in [-0.39, 0.29) is 41.0 Å². The van der Waals surface area contributed by atoms with Gasteiger partial charge in [-0.15, -0.1) is 0 Å². The number of nitrogens with two attached hydrogens (primary N) is 1. The summed E-state index contributed by atoms with van der Waals surface area (Å²) in [5.74, 6) is -1.66. The fraction of sp³-hybridized carbons (Fsp3) is 0.333. The van der Waals surface area contributed by atoms with Gasteiger partial charge in [0, 0.05) is 12.0 Å². The van der Waals surface area contributed by atoms with E-state index < -0.39 is 22.0 Å². The van der Waals surface area contributed by atoms with Crippen molar-refractivity contribution in [3.8, 4) is 11.1 Å². The lowest BCUT2D eigenvalue weighted by Gasteiger charge is -2.29. The minimum atomic E-state index is -3.73. The van der Waals surface area contributed by atoms with Crippen LogP contribution in [0.2, 0.25) is 0 Å². The molecule has 0 radical (unpaired) electrons. The second kappa shape index (κ2) is 12.7. The van der Waals surface area contributed by atoms with E-state index in [0.29, 0.717) is 25.7 Å². The molecular weight excluding hydrogens is 533 g/mol. The third kappa shape index (κ3) is 7.53. The Morgan fingerprint density at radius 1 is 0.925 bits per heavy atom. The molecule has 1 fully saturated rings. The lowest BCUT2D eigenvalue weighted by atomic mass is 9.85. The topological polar surface area (TPSA) is 139 Å². The van der Waals surface area contributed by atoms with Crippen molar-refractivity contribution >= 4 is 21.9 Å². The number of amides is 1. The van der Waals surface area contributed by atoms with Crippen LogP contribution in [0.4, 0.5) is 4.39 Å². The highest BCUT2D eigenvalue weighted by Crippen LogP contribution is 2.28. The second-order valence-corrected chi connectivity index (χ2v) is 12.0. The zero-order valence-corrected chi connectivity index (χ0v) is 23.0. The first-order valence-electron chi connectivity index (χ1n) is 13.3. The van der Waals surface area contributed by atoms with E-state index in [1.165, 1.54) is 12.1 Å². The summed E-state index contributed by atoms with van der Waals surface area (Å²) in [6.07, 6.45) is 2.47. The third-order valence-electron chi connectivity index (χ3n) is 7.37. The summed E-state index contributed by atoms with van der Waals surface area (Å²) in [6, 6.07) is 18.4. The van der Waals surface area contributed by atoms with Gasteiger partial charge in [0.15, 0.2) is 0 Å². The summed E-state index contributed by atoms with van der Waals surface area (Å²) in [7, 11) is -3.73. The maximum absolute atomic E-state index is 13.2. The van der Waals surface area contributed by atoms with Crippen molar-refractivity contribution in [2.75, 3.05) is 0 Å². The molecule has 0 bridgehead atoms. The molecule has 0 saturated heterocycles. The highest BCUT2D eigenvalue weighted by atomic mass is 32.2. The number of aliphatic carboxylic acids is 1. The number of carbonyl (C=O) groups excluding carboxylic acids is 1. The Morgan fingerprint density at radius 2 is 1.48 bits per heavy atom. The third-order valence-corrected chi connectivity index (χ3v) is 8.91. The Hall–Kier alpha value is -3.60. The number of hydrogen-bond acceptors (Lipinski definition) is 5. The van der Waals surface area contributed by atoms with E-state index >= 15 is 0 Å². The van der Waals surface area contributed by atoms with Crippen molar-refractivity contribution in [3.63, 3.8) is 0 Å². The van der Waals surface area contributed by atoms with E-state index in [2.05, 4.69) is 10.0 Å². The highest BCUT2D eigenvalue weighted by molar-refractivity contribution is 7.89. The van der Waals surface area contributed by atoms with Gasteiger partial charge < -0.3 is 16.2 Å². The van der Waals surface area contributed by atoms with Gasteiger partial charge in [-0.25, -0.2) is 17.5 Å². The molecule has 0 heterocycles. The SMILES string of the molecule is C[C@@H](NC(=O)C1CCC(NS(=O)(=O)c2ccc(-c3ccc(C[C@@H](N)C(=O)O)cc3)cc2)CC1)c1ccc(F)cc1. The average Bonchev–Trinajstić information content (AvgIpc) is 2.94. The maximum Gasteiger partial charge on any atom is 0.320 e. The van der Waals surface area contributed by atoms with Crippen LogP contribution in [0, 0.1) is 11.7 Å². The van der Waals surface area contributed by atoms with Crippen LogP contribution >= 0.6 is 0 Å². The zero-order chi connectivity index (χ0) is 28.9. The van der Waals surface area contributed by atoms with Crippen LogP contribution in [0.3, 0.4) is 0 Å². The van der Waals surface area contributed by atoms with Crippen molar-refractivity contribution in [2.45, 2.75) is 62.0 Å². The van der Waals surface area contributed by atoms with E-state index in [1.807, 2.05) is 31.2 Å². The van der Waals surface area contributed by atoms with Gasteiger partial charge in [-0.2, -0.15) is 0 Å². The van der Waals surface area contributed by atoms with Gasteiger partial charge in [-0.05, 0) is 85.5 Å². The first-order valence-corrected chi connectivity index (χ1v) is 14.8. The molecule has 0 aromatic heterocycles. The molecule has 0 spiro atoms. The van der Waals surface area contributed by atoms with Crippen molar-refractivity contribution in [1.29, 1.82) is 0 Å². The number of nitrogens with one attached hydrogen (secondary N) is 2. The van der Waals surface area contributed by atoms with Crippen molar-refractivity contribution in [1.82, 2.24) is 10.0 Å². The molecule has 4 rings (SSSR count). The van der Waals surface area contributed by atoms with Gasteiger partial charge in [0.25, 0.3) is 0 Å². The summed E-state index contributed by atoms with van der Waals surface area (Å²) in [6.45, 7) is 1.85. The zero-order valence-electron chi connectivity index (χ0n) is 22.2. The number of carboxylic acids is 1. The number of benzene rings is 3. The van der Waals surface area contributed by atoms with Gasteiger partial charge in [-0.1, -0.05) is 48.5 Å². The Bertz CT molecular complexity index is 1420. The van der Waals surface area contributed by atoms with E-state index in [1.54, 1.807) is 36.4 Å². The fourth-order valence-corrected chi connectivity index (χ4v) is 6.23. The van der Waals surface area contributed by atoms with Crippen molar-refractivity contribution < 1.29 is 27.5 Å². The molecule has 0 aliphatic heterocycles. The Balaban J connectivity index is 1.29. The standard InChI is InChI=1S/C30H34FN3O5S/c1-19(21-6-12-25(31)13-7-21)33-29(35)24-8-14-26(15-9-24)34-40(38,39)27-16-10-23(11-17-27)22-4-2-20(3-5-22)18-28(32)30(36)37/h2-7,10-13,16-17,19,24,26,28,34H,8-9,14-15,18,32H2,1H3,(H,33,35)(H,36,37)/t19-,24?,26?,28-/m1/s1. The van der Waals surface area contributed by atoms with Crippen LogP contribution in [-0.2, 0) is 26.0 Å². The van der Waals surface area contributed by atoms with E-state index in [9.17, 15) is 22.4 Å². The number of rotatable bonds is 10. The lowest BCUT2D eigenvalue weighted by Crippen LogP contribution is -2.41. The van der Waals surface area contributed by atoms with Crippen LogP contribution in [0.1, 0.15) is 49.8 Å². The maximum atomic E-state index is 13.2. The van der Waals surface area contributed by atoms with Gasteiger partial charge in [0.1, 0.15) is 11.9 Å². The Morgan fingerprint density at radius 3 is 2.02 bits per heavy atom. The van der Waals surface area contributed by atoms with Crippen molar-refractivity contribution in [3.05, 3.63) is 89.7 Å². The van der Waals surface area contributed by atoms with Gasteiger partial charge in [-0.3, -0.25) is 9.59 Å². The first kappa shape index (κ1) is 29.4. The van der Waals surface area contributed by atoms with Crippen molar-refractivity contribution in [2.24, 2.45) is 11.7 Å². The summed E-state index contributed by atoms with van der Waals surface area (Å²) in [5.41, 5.74) is 8.91. The minimum Gasteiger partial charge on any atom is -0.480 e. The van der Waals surface area contributed by atoms with Crippen LogP contribution in [0.15, 0.2) is 77.7 Å². The molecule has 3 aromatic rings. The highest BCUT2D eigenvalue weighted by Gasteiger charge is 2.29. The monoisotopic (exact) mass is 567 g/mol. The molecule has 10 heteroatoms. The van der Waals surface area contributed by atoms with Gasteiger partial charge in [0.05, 0.1) is 10.9 Å². The quantitative estimate of drug-likeness (QED) is 0.290. The molecule has 40 heavy (non-hydrogen) atoms. The molecule has 0 unspecified atom stereocenters. The van der Waals surface area contributed by atoms with E-state index in [0.717, 1.165) is 22.3 Å². The molecule has 1 aliphatic carbocycles. The van der Waals surface area contributed by atoms with Gasteiger partial charge in [0.2, 0.25) is 15.9 Å². The number of halogens is 1. The largest absolute Gasteiger partial charge is 0.480 e. The number of hydrogen-bond donors (Lipinski definition) is 4. The van der Waals surface area contributed by atoms with Crippen LogP contribution in [0.25, 0.3) is 11.1 Å². The summed E-state index contributed by atoms with van der Waals surface area (Å²) < 4.78 is 42.0. The smallest absolute Gasteiger partial charge is 0.320 e. The molecule has 2 atom stereocenters. The molecule has 1 aliphatic rings. The van der Waals surface area contributed by atoms with E-state index in [4.69, 9.17) is 10.8 Å². The molecule has 1 saturated carbocycles. The number of sulfonamides is 1. The summed E-state index contributed by atoms with van der Waals surface area (Å²) >= 11 is 0. The molecule has 1 amide bonds. The lowest BCUT2D eigenvalue weighted by molar-refractivity contribution is -0.138. The molecule has 5 N–H and O–H groups in total. The normalized spacial score (nSPS) is 19.0. The Kier molecular flexibility index (Phi) is 9.34.